The van der Waals surface area contributed by atoms with E-state index >= 15 is 0 Å². The van der Waals surface area contributed by atoms with Gasteiger partial charge >= 0.3 is 61.0 Å². The molecule has 0 aliphatic rings. The third-order valence-electron chi connectivity index (χ3n) is 1.97. The van der Waals surface area contributed by atoms with Crippen LogP contribution in [-0.2, 0) is 0 Å². The third-order valence-corrected chi connectivity index (χ3v) is 11.9. The van der Waals surface area contributed by atoms with Crippen molar-refractivity contribution in [3.8, 4) is 0 Å². The molecule has 0 nitrogen and oxygen atoms in total. The van der Waals surface area contributed by atoms with E-state index in [-0.39, 0.29) is 0 Å². The molecule has 0 fully saturated rings. The van der Waals surface area contributed by atoms with Gasteiger partial charge in [-0.05, 0) is 0 Å². The van der Waals surface area contributed by atoms with Crippen molar-refractivity contribution >= 4 is 22.1 Å². The van der Waals surface area contributed by atoms with Gasteiger partial charge in [0.2, 0.25) is 0 Å². The molecule has 0 heterocycles. The molecule has 0 aromatic carbocycles. The zero-order chi connectivity index (χ0) is 6.62. The zero-order valence-corrected chi connectivity index (χ0v) is 8.95. The van der Waals surface area contributed by atoms with Gasteiger partial charge in [0.25, 0.3) is 0 Å². The molecule has 0 spiro atoms. The Hall–Kier alpha value is 0.736. The molecule has 8 heavy (non-hydrogen) atoms. The van der Waals surface area contributed by atoms with Crippen LogP contribution < -0.4 is 0 Å². The molecule has 0 amide bonds. The van der Waals surface area contributed by atoms with Gasteiger partial charge in [-0.3, -0.25) is 0 Å². The first-order valence-corrected chi connectivity index (χ1v) is 8.79. The molecule has 0 saturated heterocycles. The molecule has 0 aliphatic heterocycles. The van der Waals surface area contributed by atoms with E-state index in [1.54, 1.807) is 0 Å². The summed E-state index contributed by atoms with van der Waals surface area (Å²) in [7, 11) is 0. The standard InChI is InChI=1S/C6H16SeSi/c1-4-8(7,5-2)6-3/h7H,4-6H2,1-3H3. The van der Waals surface area contributed by atoms with Crippen LogP contribution >= 0.6 is 0 Å². The van der Waals surface area contributed by atoms with Crippen LogP contribution in [0.15, 0.2) is 0 Å². The van der Waals surface area contributed by atoms with Crippen molar-refractivity contribution in [2.45, 2.75) is 38.9 Å². The third kappa shape index (κ3) is 2.34. The van der Waals surface area contributed by atoms with E-state index in [1.165, 1.54) is 18.1 Å². The van der Waals surface area contributed by atoms with Crippen LogP contribution in [0.25, 0.3) is 0 Å². The van der Waals surface area contributed by atoms with Gasteiger partial charge in [0.1, 0.15) is 0 Å². The van der Waals surface area contributed by atoms with Crippen LogP contribution in [0.4, 0.5) is 0 Å². The molecule has 0 unspecified atom stereocenters. The predicted molar refractivity (Wildman–Crippen MR) is 44.3 cm³/mol. The summed E-state index contributed by atoms with van der Waals surface area (Å²) in [6.45, 7) is 6.22. The Kier molecular flexibility index (Phi) is 4.04. The Balaban J connectivity index is 3.58. The maximum atomic E-state index is 2.94. The Labute approximate surface area is 61.3 Å². The maximum absolute atomic E-state index is 2.94. The molecule has 0 radical (unpaired) electrons. The molecular weight excluding hydrogens is 179 g/mol. The van der Waals surface area contributed by atoms with E-state index in [0.29, 0.717) is 0 Å². The van der Waals surface area contributed by atoms with E-state index < -0.39 is 6.68 Å². The van der Waals surface area contributed by atoms with Gasteiger partial charge in [-0.15, -0.1) is 0 Å². The van der Waals surface area contributed by atoms with Crippen molar-refractivity contribution in [2.24, 2.45) is 0 Å². The van der Waals surface area contributed by atoms with E-state index in [0.717, 1.165) is 0 Å². The molecule has 0 bridgehead atoms. The molecule has 50 valence electrons. The van der Waals surface area contributed by atoms with Crippen LogP contribution in [0, 0.1) is 0 Å². The number of rotatable bonds is 3. The number of hydrogen-bond acceptors (Lipinski definition) is 0. The molecular formula is C6H16SeSi. The van der Waals surface area contributed by atoms with Gasteiger partial charge in [0.05, 0.1) is 0 Å². The van der Waals surface area contributed by atoms with Gasteiger partial charge in [-0.2, -0.15) is 0 Å². The van der Waals surface area contributed by atoms with Crippen molar-refractivity contribution < 1.29 is 0 Å². The van der Waals surface area contributed by atoms with Gasteiger partial charge < -0.3 is 0 Å². The topological polar surface area (TPSA) is 0 Å². The van der Waals surface area contributed by atoms with Crippen LogP contribution in [0.1, 0.15) is 20.8 Å². The van der Waals surface area contributed by atoms with Crippen LogP contribution in [0.2, 0.25) is 18.1 Å². The predicted octanol–water partition coefficient (Wildman–Crippen LogP) is 1.89. The molecule has 0 aliphatic carbocycles. The van der Waals surface area contributed by atoms with E-state index in [4.69, 9.17) is 0 Å². The Morgan fingerprint density at radius 1 is 1.00 bits per heavy atom. The first-order valence-electron chi connectivity index (χ1n) is 3.41. The summed E-state index contributed by atoms with van der Waals surface area (Å²) in [5.41, 5.74) is 0. The summed E-state index contributed by atoms with van der Waals surface area (Å²) in [4.78, 5) is 0. The average molecular weight is 195 g/mol. The summed E-state index contributed by atoms with van der Waals surface area (Å²) < 4.78 is 0. The van der Waals surface area contributed by atoms with Crippen LogP contribution in [-0.4, -0.2) is 22.1 Å². The monoisotopic (exact) mass is 196 g/mol. The summed E-state index contributed by atoms with van der Waals surface area (Å²) in [5.74, 6) is 0. The van der Waals surface area contributed by atoms with Gasteiger partial charge in [0, 0.05) is 0 Å². The summed E-state index contributed by atoms with van der Waals surface area (Å²) in [6.07, 6.45) is 0. The summed E-state index contributed by atoms with van der Waals surface area (Å²) in [6, 6.07) is 4.29. The van der Waals surface area contributed by atoms with Crippen molar-refractivity contribution in [3.63, 3.8) is 0 Å². The van der Waals surface area contributed by atoms with E-state index in [1.807, 2.05) is 0 Å². The second kappa shape index (κ2) is 3.70. The molecule has 0 rings (SSSR count). The second-order valence-electron chi connectivity index (χ2n) is 2.29. The fourth-order valence-electron chi connectivity index (χ4n) is 0.750. The van der Waals surface area contributed by atoms with Crippen molar-refractivity contribution in [3.05, 3.63) is 0 Å². The Bertz CT molecular complexity index is 51.3. The normalized spacial score (nSPS) is 12.0. The van der Waals surface area contributed by atoms with E-state index in [9.17, 15) is 0 Å². The van der Waals surface area contributed by atoms with E-state index in [2.05, 4.69) is 36.1 Å². The minimum absolute atomic E-state index is 0.734. The number of hydrogen-bond donors (Lipinski definition) is 0. The fourth-order valence-corrected chi connectivity index (χ4v) is 2.25. The first-order chi connectivity index (χ1) is 3.68. The molecule has 0 saturated carbocycles. The molecule has 0 atom stereocenters. The second-order valence-corrected chi connectivity index (χ2v) is 12.8. The molecule has 2 heteroatoms. The van der Waals surface area contributed by atoms with Crippen LogP contribution in [0.5, 0.6) is 0 Å². The van der Waals surface area contributed by atoms with Crippen molar-refractivity contribution in [1.29, 1.82) is 0 Å². The Morgan fingerprint density at radius 2 is 1.25 bits per heavy atom. The van der Waals surface area contributed by atoms with Gasteiger partial charge in [-0.1, -0.05) is 0 Å². The molecule has 0 N–H and O–H groups in total. The summed E-state index contributed by atoms with van der Waals surface area (Å²) in [5, 5.41) is 0. The van der Waals surface area contributed by atoms with Gasteiger partial charge in [-0.25, -0.2) is 0 Å². The van der Waals surface area contributed by atoms with Crippen molar-refractivity contribution in [2.75, 3.05) is 0 Å². The van der Waals surface area contributed by atoms with Crippen molar-refractivity contribution in [1.82, 2.24) is 0 Å². The molecule has 0 aromatic heterocycles. The minimum atomic E-state index is -0.734. The van der Waals surface area contributed by atoms with Crippen LogP contribution in [0.3, 0.4) is 0 Å². The first kappa shape index (κ1) is 8.74. The van der Waals surface area contributed by atoms with Gasteiger partial charge in [0.15, 0.2) is 0 Å². The average Bonchev–Trinajstić information content (AvgIpc) is 1.87. The SMILES string of the molecule is CC[Si]([SeH])(CC)CC. The fraction of sp³-hybridized carbons (Fsp3) is 1.00. The zero-order valence-electron chi connectivity index (χ0n) is 6.07. The quantitative estimate of drug-likeness (QED) is 0.603. The summed E-state index contributed by atoms with van der Waals surface area (Å²) >= 11 is 2.94. The molecule has 0 aromatic rings. The Morgan fingerprint density at radius 3 is 1.25 bits per heavy atom.